The fraction of sp³-hybridized carbons (Fsp3) is 0.222. The molecule has 124 valence electrons. The van der Waals surface area contributed by atoms with Gasteiger partial charge >= 0.3 is 6.03 Å². The van der Waals surface area contributed by atoms with Gasteiger partial charge in [0.2, 0.25) is 0 Å². The Kier molecular flexibility index (Phi) is 5.48. The van der Waals surface area contributed by atoms with Crippen LogP contribution in [-0.2, 0) is 0 Å². The van der Waals surface area contributed by atoms with E-state index in [1.807, 2.05) is 53.4 Å². The van der Waals surface area contributed by atoms with Crippen LogP contribution in [0.5, 0.6) is 0 Å². The van der Waals surface area contributed by atoms with Crippen molar-refractivity contribution >= 4 is 33.9 Å². The van der Waals surface area contributed by atoms with Crippen LogP contribution in [0.1, 0.15) is 5.56 Å². The lowest BCUT2D eigenvalue weighted by Gasteiger charge is -2.35. The third-order valence-corrected chi connectivity index (χ3v) is 4.64. The summed E-state index contributed by atoms with van der Waals surface area (Å²) in [6.45, 7) is 2.95. The van der Waals surface area contributed by atoms with Crippen molar-refractivity contribution in [3.05, 3.63) is 64.9 Å². The zero-order chi connectivity index (χ0) is 16.8. The first-order chi connectivity index (χ1) is 11.7. The molecule has 1 aromatic carbocycles. The van der Waals surface area contributed by atoms with Gasteiger partial charge in [0.1, 0.15) is 5.82 Å². The molecule has 0 saturated carbocycles. The molecule has 0 bridgehead atoms. The largest absolute Gasteiger partial charge is 0.353 e. The Hall–Kier alpha value is -2.34. The van der Waals surface area contributed by atoms with Crippen molar-refractivity contribution in [2.24, 2.45) is 0 Å². The van der Waals surface area contributed by atoms with Crippen LogP contribution in [0, 0.1) is 0 Å². The summed E-state index contributed by atoms with van der Waals surface area (Å²) in [4.78, 5) is 20.6. The standard InChI is InChI=1S/C18H19BrN4O/c19-16-6-2-1-5-15(16)8-10-21-18(24)23-13-11-22(12-14-23)17-7-3-4-9-20-17/h1-10H,11-14H2,(H,21,24)/b10-8+. The summed E-state index contributed by atoms with van der Waals surface area (Å²) in [5.41, 5.74) is 1.03. The first-order valence-electron chi connectivity index (χ1n) is 7.86. The molecule has 2 heterocycles. The second-order valence-corrected chi connectivity index (χ2v) is 6.32. The van der Waals surface area contributed by atoms with Gasteiger partial charge in [-0.25, -0.2) is 9.78 Å². The molecule has 0 aliphatic carbocycles. The summed E-state index contributed by atoms with van der Waals surface area (Å²) in [5, 5.41) is 2.83. The lowest BCUT2D eigenvalue weighted by atomic mass is 10.2. The predicted molar refractivity (Wildman–Crippen MR) is 99.7 cm³/mol. The molecule has 0 spiro atoms. The van der Waals surface area contributed by atoms with Crippen LogP contribution in [0.15, 0.2) is 59.3 Å². The van der Waals surface area contributed by atoms with Crippen molar-refractivity contribution in [3.8, 4) is 0 Å². The van der Waals surface area contributed by atoms with Crippen LogP contribution in [0.4, 0.5) is 10.6 Å². The second-order valence-electron chi connectivity index (χ2n) is 5.47. The number of hydrogen-bond donors (Lipinski definition) is 1. The molecule has 0 radical (unpaired) electrons. The number of nitrogens with one attached hydrogen (secondary N) is 1. The Labute approximate surface area is 150 Å². The third-order valence-electron chi connectivity index (χ3n) is 3.92. The Bertz CT molecular complexity index is 712. The maximum absolute atomic E-state index is 12.2. The minimum absolute atomic E-state index is 0.0704. The zero-order valence-electron chi connectivity index (χ0n) is 13.2. The van der Waals surface area contributed by atoms with E-state index in [2.05, 4.69) is 31.1 Å². The summed E-state index contributed by atoms with van der Waals surface area (Å²) in [6, 6.07) is 13.7. The summed E-state index contributed by atoms with van der Waals surface area (Å²) < 4.78 is 1.000. The molecule has 24 heavy (non-hydrogen) atoms. The maximum Gasteiger partial charge on any atom is 0.321 e. The monoisotopic (exact) mass is 386 g/mol. The fourth-order valence-electron chi connectivity index (χ4n) is 2.58. The topological polar surface area (TPSA) is 48.5 Å². The van der Waals surface area contributed by atoms with Gasteiger partial charge in [-0.05, 0) is 29.8 Å². The van der Waals surface area contributed by atoms with E-state index in [4.69, 9.17) is 0 Å². The van der Waals surface area contributed by atoms with Gasteiger partial charge in [-0.2, -0.15) is 0 Å². The Morgan fingerprint density at radius 3 is 2.54 bits per heavy atom. The molecule has 1 saturated heterocycles. The maximum atomic E-state index is 12.2. The highest BCUT2D eigenvalue weighted by Gasteiger charge is 2.20. The molecule has 1 aromatic heterocycles. The molecule has 5 nitrogen and oxygen atoms in total. The van der Waals surface area contributed by atoms with Crippen molar-refractivity contribution in [2.75, 3.05) is 31.1 Å². The van der Waals surface area contributed by atoms with Gasteiger partial charge < -0.3 is 15.1 Å². The summed E-state index contributed by atoms with van der Waals surface area (Å²) in [7, 11) is 0. The molecule has 3 rings (SSSR count). The van der Waals surface area contributed by atoms with Gasteiger partial charge in [0, 0.05) is 43.0 Å². The van der Waals surface area contributed by atoms with Crippen molar-refractivity contribution in [1.82, 2.24) is 15.2 Å². The highest BCUT2D eigenvalue weighted by atomic mass is 79.9. The van der Waals surface area contributed by atoms with Crippen molar-refractivity contribution in [1.29, 1.82) is 0 Å². The van der Waals surface area contributed by atoms with Crippen LogP contribution in [0.25, 0.3) is 6.08 Å². The molecule has 2 amide bonds. The van der Waals surface area contributed by atoms with Crippen LogP contribution >= 0.6 is 15.9 Å². The number of piperazine rings is 1. The number of carbonyl (C=O) groups is 1. The molecule has 1 N–H and O–H groups in total. The molecule has 0 atom stereocenters. The molecule has 1 aliphatic rings. The molecule has 1 fully saturated rings. The van der Waals surface area contributed by atoms with Gasteiger partial charge in [0.25, 0.3) is 0 Å². The van der Waals surface area contributed by atoms with Crippen molar-refractivity contribution in [3.63, 3.8) is 0 Å². The summed E-state index contributed by atoms with van der Waals surface area (Å²) in [5.74, 6) is 0.964. The van der Waals surface area contributed by atoms with Crippen LogP contribution < -0.4 is 10.2 Å². The number of halogens is 1. The van der Waals surface area contributed by atoms with Crippen LogP contribution in [-0.4, -0.2) is 42.1 Å². The predicted octanol–water partition coefficient (Wildman–Crippen LogP) is 3.35. The van der Waals surface area contributed by atoms with E-state index in [1.54, 1.807) is 12.4 Å². The number of aromatic nitrogens is 1. The van der Waals surface area contributed by atoms with E-state index < -0.39 is 0 Å². The minimum Gasteiger partial charge on any atom is -0.353 e. The smallest absolute Gasteiger partial charge is 0.321 e. The zero-order valence-corrected chi connectivity index (χ0v) is 14.8. The Morgan fingerprint density at radius 2 is 1.83 bits per heavy atom. The van der Waals surface area contributed by atoms with Gasteiger partial charge in [-0.3, -0.25) is 0 Å². The third kappa shape index (κ3) is 4.14. The van der Waals surface area contributed by atoms with E-state index in [1.165, 1.54) is 0 Å². The summed E-state index contributed by atoms with van der Waals surface area (Å²) >= 11 is 3.48. The number of hydrogen-bond acceptors (Lipinski definition) is 3. The second kappa shape index (κ2) is 7.97. The van der Waals surface area contributed by atoms with Gasteiger partial charge in [0.05, 0.1) is 0 Å². The lowest BCUT2D eigenvalue weighted by molar-refractivity contribution is 0.198. The van der Waals surface area contributed by atoms with Crippen molar-refractivity contribution < 1.29 is 4.79 Å². The molecule has 1 aliphatic heterocycles. The number of benzene rings is 1. The first-order valence-corrected chi connectivity index (χ1v) is 8.66. The number of carbonyl (C=O) groups excluding carboxylic acids is 1. The number of pyridine rings is 1. The van der Waals surface area contributed by atoms with E-state index >= 15 is 0 Å². The van der Waals surface area contributed by atoms with E-state index in [9.17, 15) is 4.79 Å². The molecule has 6 heteroatoms. The normalized spacial score (nSPS) is 14.9. The Balaban J connectivity index is 1.50. The van der Waals surface area contributed by atoms with Crippen molar-refractivity contribution in [2.45, 2.75) is 0 Å². The van der Waals surface area contributed by atoms with Gasteiger partial charge in [0.15, 0.2) is 0 Å². The average Bonchev–Trinajstić information content (AvgIpc) is 2.64. The van der Waals surface area contributed by atoms with Crippen LogP contribution in [0.2, 0.25) is 0 Å². The summed E-state index contributed by atoms with van der Waals surface area (Å²) in [6.07, 6.45) is 5.36. The SMILES string of the molecule is O=C(N/C=C/c1ccccc1Br)N1CCN(c2ccccn2)CC1. The first kappa shape index (κ1) is 16.5. The average molecular weight is 387 g/mol. The van der Waals surface area contributed by atoms with Gasteiger partial charge in [-0.1, -0.05) is 40.2 Å². The number of urea groups is 1. The Morgan fingerprint density at radius 1 is 1.08 bits per heavy atom. The van der Waals surface area contributed by atoms with E-state index in [-0.39, 0.29) is 6.03 Å². The number of rotatable bonds is 3. The number of nitrogens with zero attached hydrogens (tertiary/aromatic N) is 3. The number of amides is 2. The number of anilines is 1. The van der Waals surface area contributed by atoms with Crippen LogP contribution in [0.3, 0.4) is 0 Å². The molecular formula is C18H19BrN4O. The lowest BCUT2D eigenvalue weighted by Crippen LogP contribution is -2.51. The quantitative estimate of drug-likeness (QED) is 0.879. The minimum atomic E-state index is -0.0704. The molecule has 0 unspecified atom stereocenters. The molecule has 2 aromatic rings. The van der Waals surface area contributed by atoms with Gasteiger partial charge in [-0.15, -0.1) is 0 Å². The molecular weight excluding hydrogens is 368 g/mol. The highest BCUT2D eigenvalue weighted by molar-refractivity contribution is 9.10. The van der Waals surface area contributed by atoms with E-state index in [0.29, 0.717) is 13.1 Å². The highest BCUT2D eigenvalue weighted by Crippen LogP contribution is 2.17. The van der Waals surface area contributed by atoms with E-state index in [0.717, 1.165) is 28.9 Å². The fourth-order valence-corrected chi connectivity index (χ4v) is 3.00.